The van der Waals surface area contributed by atoms with Crippen LogP contribution in [0, 0.1) is 5.92 Å². The van der Waals surface area contributed by atoms with Crippen molar-refractivity contribution >= 4 is 11.8 Å². The van der Waals surface area contributed by atoms with Crippen molar-refractivity contribution in [1.29, 1.82) is 0 Å². The first kappa shape index (κ1) is 14.5. The standard InChI is InChI=1S/C15H25N5O/c1-12(19-8-10-21-11-9-19)13-3-6-20(7-4-13)15-17-5-2-14(16)18-15/h2,5,12-13H,3-4,6-11H2,1H3,(H2,16,17,18). The van der Waals surface area contributed by atoms with Crippen molar-refractivity contribution in [2.75, 3.05) is 50.0 Å². The van der Waals surface area contributed by atoms with E-state index in [1.54, 1.807) is 12.3 Å². The van der Waals surface area contributed by atoms with Crippen LogP contribution in [0.1, 0.15) is 19.8 Å². The van der Waals surface area contributed by atoms with Gasteiger partial charge in [-0.1, -0.05) is 0 Å². The molecule has 1 atom stereocenters. The van der Waals surface area contributed by atoms with E-state index in [4.69, 9.17) is 10.5 Å². The van der Waals surface area contributed by atoms with Gasteiger partial charge in [-0.15, -0.1) is 0 Å². The average Bonchev–Trinajstić information content (AvgIpc) is 2.55. The van der Waals surface area contributed by atoms with Crippen LogP contribution in [-0.4, -0.2) is 60.3 Å². The molecule has 2 N–H and O–H groups in total. The van der Waals surface area contributed by atoms with E-state index >= 15 is 0 Å². The van der Waals surface area contributed by atoms with Crippen LogP contribution in [0.3, 0.4) is 0 Å². The predicted molar refractivity (Wildman–Crippen MR) is 83.2 cm³/mol. The van der Waals surface area contributed by atoms with Gasteiger partial charge in [0.1, 0.15) is 5.82 Å². The maximum absolute atomic E-state index is 5.74. The highest BCUT2D eigenvalue weighted by Gasteiger charge is 2.29. The molecule has 0 aromatic carbocycles. The van der Waals surface area contributed by atoms with E-state index in [-0.39, 0.29) is 0 Å². The van der Waals surface area contributed by atoms with Gasteiger partial charge in [-0.2, -0.15) is 4.98 Å². The van der Waals surface area contributed by atoms with Crippen LogP contribution in [0.2, 0.25) is 0 Å². The molecule has 1 aromatic rings. The van der Waals surface area contributed by atoms with Crippen LogP contribution >= 0.6 is 0 Å². The molecule has 3 heterocycles. The second-order valence-corrected chi connectivity index (χ2v) is 5.99. The van der Waals surface area contributed by atoms with Gasteiger partial charge in [0, 0.05) is 38.4 Å². The Kier molecular flexibility index (Phi) is 4.55. The number of aromatic nitrogens is 2. The third-order valence-corrected chi connectivity index (χ3v) is 4.79. The molecule has 0 saturated carbocycles. The first-order valence-electron chi connectivity index (χ1n) is 7.89. The molecule has 0 spiro atoms. The highest BCUT2D eigenvalue weighted by atomic mass is 16.5. The van der Waals surface area contributed by atoms with Gasteiger partial charge in [0.05, 0.1) is 13.2 Å². The molecule has 6 heteroatoms. The average molecular weight is 291 g/mol. The van der Waals surface area contributed by atoms with Crippen molar-refractivity contribution in [2.45, 2.75) is 25.8 Å². The molecular formula is C15H25N5O. The van der Waals surface area contributed by atoms with Gasteiger partial charge >= 0.3 is 0 Å². The van der Waals surface area contributed by atoms with Crippen molar-refractivity contribution in [3.8, 4) is 0 Å². The van der Waals surface area contributed by atoms with Gasteiger partial charge in [0.15, 0.2) is 0 Å². The van der Waals surface area contributed by atoms with Crippen LogP contribution in [0.4, 0.5) is 11.8 Å². The summed E-state index contributed by atoms with van der Waals surface area (Å²) in [5.41, 5.74) is 5.74. The Bertz CT molecular complexity index is 455. The summed E-state index contributed by atoms with van der Waals surface area (Å²) >= 11 is 0. The summed E-state index contributed by atoms with van der Waals surface area (Å²) < 4.78 is 5.45. The minimum Gasteiger partial charge on any atom is -0.384 e. The number of nitrogen functional groups attached to an aromatic ring is 1. The molecule has 2 aliphatic heterocycles. The summed E-state index contributed by atoms with van der Waals surface area (Å²) in [6.07, 6.45) is 4.12. The van der Waals surface area contributed by atoms with E-state index in [2.05, 4.69) is 26.7 Å². The van der Waals surface area contributed by atoms with Gasteiger partial charge in [0.25, 0.3) is 0 Å². The molecule has 0 aliphatic carbocycles. The summed E-state index contributed by atoms with van der Waals surface area (Å²) in [4.78, 5) is 13.5. The zero-order chi connectivity index (χ0) is 14.7. The quantitative estimate of drug-likeness (QED) is 0.896. The van der Waals surface area contributed by atoms with E-state index in [0.29, 0.717) is 11.9 Å². The topological polar surface area (TPSA) is 67.5 Å². The Balaban J connectivity index is 1.54. The van der Waals surface area contributed by atoms with Crippen molar-refractivity contribution in [2.24, 2.45) is 5.92 Å². The SMILES string of the molecule is CC(C1CCN(c2nccc(N)n2)CC1)N1CCOCC1. The van der Waals surface area contributed by atoms with Crippen LogP contribution in [-0.2, 0) is 4.74 Å². The lowest BCUT2D eigenvalue weighted by molar-refractivity contribution is 0.00446. The summed E-state index contributed by atoms with van der Waals surface area (Å²) in [5.74, 6) is 2.07. The molecule has 1 unspecified atom stereocenters. The second-order valence-electron chi connectivity index (χ2n) is 5.99. The van der Waals surface area contributed by atoms with Gasteiger partial charge in [-0.05, 0) is 31.7 Å². The maximum Gasteiger partial charge on any atom is 0.227 e. The van der Waals surface area contributed by atoms with Gasteiger partial charge in [-0.25, -0.2) is 4.98 Å². The van der Waals surface area contributed by atoms with E-state index in [0.717, 1.165) is 51.3 Å². The van der Waals surface area contributed by atoms with Crippen LogP contribution in [0.5, 0.6) is 0 Å². The van der Waals surface area contributed by atoms with E-state index in [9.17, 15) is 0 Å². The Morgan fingerprint density at radius 2 is 1.95 bits per heavy atom. The maximum atomic E-state index is 5.74. The third-order valence-electron chi connectivity index (χ3n) is 4.79. The van der Waals surface area contributed by atoms with Crippen LogP contribution in [0.25, 0.3) is 0 Å². The fourth-order valence-electron chi connectivity index (χ4n) is 3.38. The Morgan fingerprint density at radius 3 is 2.62 bits per heavy atom. The fourth-order valence-corrected chi connectivity index (χ4v) is 3.38. The summed E-state index contributed by atoms with van der Waals surface area (Å²) in [5, 5.41) is 0. The number of anilines is 2. The lowest BCUT2D eigenvalue weighted by Crippen LogP contribution is -2.48. The molecule has 6 nitrogen and oxygen atoms in total. The number of nitrogens with zero attached hydrogens (tertiary/aromatic N) is 4. The summed E-state index contributed by atoms with van der Waals surface area (Å²) in [7, 11) is 0. The molecule has 2 aliphatic rings. The molecule has 3 rings (SSSR count). The smallest absolute Gasteiger partial charge is 0.227 e. The van der Waals surface area contributed by atoms with Gasteiger partial charge < -0.3 is 15.4 Å². The zero-order valence-corrected chi connectivity index (χ0v) is 12.7. The largest absolute Gasteiger partial charge is 0.384 e. The molecular weight excluding hydrogens is 266 g/mol. The van der Waals surface area contributed by atoms with E-state index in [1.807, 2.05) is 0 Å². The number of morpholine rings is 1. The molecule has 1 aromatic heterocycles. The first-order valence-corrected chi connectivity index (χ1v) is 7.89. The highest BCUT2D eigenvalue weighted by Crippen LogP contribution is 2.26. The Morgan fingerprint density at radius 1 is 1.24 bits per heavy atom. The number of piperidine rings is 1. The minimum atomic E-state index is 0.545. The molecule has 21 heavy (non-hydrogen) atoms. The van der Waals surface area contributed by atoms with E-state index in [1.165, 1.54) is 12.8 Å². The lowest BCUT2D eigenvalue weighted by atomic mass is 9.89. The normalized spacial score (nSPS) is 23.2. The number of rotatable bonds is 3. The number of ether oxygens (including phenoxy) is 1. The predicted octanol–water partition coefficient (Wildman–Crippen LogP) is 0.996. The Hall–Kier alpha value is -1.40. The van der Waals surface area contributed by atoms with Gasteiger partial charge in [0.2, 0.25) is 5.95 Å². The molecule has 0 radical (unpaired) electrons. The number of hydrogen-bond acceptors (Lipinski definition) is 6. The number of hydrogen-bond donors (Lipinski definition) is 1. The van der Waals surface area contributed by atoms with E-state index < -0.39 is 0 Å². The second kappa shape index (κ2) is 6.58. The Labute approximate surface area is 126 Å². The van der Waals surface area contributed by atoms with Gasteiger partial charge in [-0.3, -0.25) is 4.90 Å². The first-order chi connectivity index (χ1) is 10.2. The minimum absolute atomic E-state index is 0.545. The lowest BCUT2D eigenvalue weighted by Gasteiger charge is -2.41. The summed E-state index contributed by atoms with van der Waals surface area (Å²) in [6.45, 7) is 8.29. The highest BCUT2D eigenvalue weighted by molar-refractivity contribution is 5.37. The van der Waals surface area contributed by atoms with Crippen LogP contribution in [0.15, 0.2) is 12.3 Å². The molecule has 0 amide bonds. The third kappa shape index (κ3) is 3.44. The fraction of sp³-hybridized carbons (Fsp3) is 0.733. The van der Waals surface area contributed by atoms with Crippen molar-refractivity contribution in [3.05, 3.63) is 12.3 Å². The number of nitrogens with two attached hydrogens (primary N) is 1. The monoisotopic (exact) mass is 291 g/mol. The zero-order valence-electron chi connectivity index (χ0n) is 12.7. The molecule has 0 bridgehead atoms. The molecule has 2 saturated heterocycles. The molecule has 2 fully saturated rings. The van der Waals surface area contributed by atoms with Crippen molar-refractivity contribution in [3.63, 3.8) is 0 Å². The molecule has 116 valence electrons. The summed E-state index contributed by atoms with van der Waals surface area (Å²) in [6, 6.07) is 2.37. The van der Waals surface area contributed by atoms with Crippen molar-refractivity contribution < 1.29 is 4.74 Å². The van der Waals surface area contributed by atoms with Crippen molar-refractivity contribution in [1.82, 2.24) is 14.9 Å². The van der Waals surface area contributed by atoms with Crippen LogP contribution < -0.4 is 10.6 Å².